The van der Waals surface area contributed by atoms with Crippen molar-refractivity contribution in [3.05, 3.63) is 28.2 Å². The van der Waals surface area contributed by atoms with Crippen molar-refractivity contribution in [2.75, 3.05) is 13.2 Å². The molecule has 4 nitrogen and oxygen atoms in total. The highest BCUT2D eigenvalue weighted by Gasteiger charge is 2.05. The maximum Gasteiger partial charge on any atom is 0.255 e. The highest BCUT2D eigenvalue weighted by molar-refractivity contribution is 9.10. The normalized spacial score (nSPS) is 9.79. The van der Waals surface area contributed by atoms with Gasteiger partial charge >= 0.3 is 0 Å². The number of ether oxygens (including phenoxy) is 1. The molecule has 0 aromatic heterocycles. The lowest BCUT2D eigenvalue weighted by atomic mass is 10.2. The van der Waals surface area contributed by atoms with Gasteiger partial charge in [0, 0.05) is 16.6 Å². The zero-order valence-corrected chi connectivity index (χ0v) is 13.4. The number of unbranched alkanes of at least 4 members (excludes halogenated alkanes) is 1. The van der Waals surface area contributed by atoms with Crippen molar-refractivity contribution >= 4 is 34.2 Å². The molecule has 0 saturated heterocycles. The lowest BCUT2D eigenvalue weighted by Gasteiger charge is -2.11. The van der Waals surface area contributed by atoms with Gasteiger partial charge in [-0.3, -0.25) is 4.79 Å². The quantitative estimate of drug-likeness (QED) is 0.708. The van der Waals surface area contributed by atoms with Gasteiger partial charge in [0.1, 0.15) is 5.75 Å². The number of hydrogen-bond acceptors (Lipinski definition) is 3. The molecule has 6 heteroatoms. The van der Waals surface area contributed by atoms with E-state index in [1.165, 1.54) is 0 Å². The summed E-state index contributed by atoms with van der Waals surface area (Å²) in [6, 6.07) is 5.70. The summed E-state index contributed by atoms with van der Waals surface area (Å²) in [5.74, 6) is 0.226. The van der Waals surface area contributed by atoms with Crippen molar-refractivity contribution in [3.8, 4) is 5.75 Å². The molecule has 0 spiro atoms. The predicted octanol–water partition coefficient (Wildman–Crippen LogP) is 2.62. The highest BCUT2D eigenvalue weighted by atomic mass is 79.9. The first kappa shape index (κ1) is 18.2. The Bertz CT molecular complexity index is 402. The topological polar surface area (TPSA) is 64.3 Å². The number of carbonyl (C=O) groups excluding carboxylic acids is 1. The monoisotopic (exact) mass is 350 g/mol. The molecule has 3 N–H and O–H groups in total. The molecular formula is C13H20BrClN2O2. The Hall–Kier alpha value is -0.780. The molecule has 0 heterocycles. The Morgan fingerprint density at radius 1 is 1.47 bits per heavy atom. The van der Waals surface area contributed by atoms with E-state index in [2.05, 4.69) is 28.2 Å². The smallest absolute Gasteiger partial charge is 0.255 e. The third-order valence-corrected chi connectivity index (χ3v) is 2.91. The van der Waals surface area contributed by atoms with Gasteiger partial charge in [-0.25, -0.2) is 0 Å². The van der Waals surface area contributed by atoms with Gasteiger partial charge in [-0.05, 0) is 31.2 Å². The molecule has 0 radical (unpaired) electrons. The number of rotatable bonds is 8. The second kappa shape index (κ2) is 10.1. The van der Waals surface area contributed by atoms with Crippen LogP contribution in [0, 0.1) is 0 Å². The zero-order chi connectivity index (χ0) is 13.4. The standard InChI is InChI=1S/C13H19BrN2O2.ClH/c1-2-3-6-16-8-10-7-11(14)4-5-12(10)18-9-13(15)17;/h4-5,7,16H,2-3,6,8-9H2,1H3,(H2,15,17);1H. The molecule has 1 rings (SSSR count). The summed E-state index contributed by atoms with van der Waals surface area (Å²) < 4.78 is 6.36. The Kier molecular flexibility index (Phi) is 9.65. The van der Waals surface area contributed by atoms with Gasteiger partial charge in [0.05, 0.1) is 0 Å². The van der Waals surface area contributed by atoms with Crippen molar-refractivity contribution in [3.63, 3.8) is 0 Å². The number of halogens is 2. The van der Waals surface area contributed by atoms with Crippen molar-refractivity contribution < 1.29 is 9.53 Å². The summed E-state index contributed by atoms with van der Waals surface area (Å²) in [4.78, 5) is 10.7. The molecule has 0 aliphatic rings. The lowest BCUT2D eigenvalue weighted by molar-refractivity contribution is -0.119. The van der Waals surface area contributed by atoms with E-state index in [1.54, 1.807) is 0 Å². The van der Waals surface area contributed by atoms with Crippen LogP contribution in [0.2, 0.25) is 0 Å². The van der Waals surface area contributed by atoms with E-state index in [-0.39, 0.29) is 19.0 Å². The minimum Gasteiger partial charge on any atom is -0.483 e. The van der Waals surface area contributed by atoms with E-state index in [0.717, 1.165) is 29.4 Å². The molecule has 0 fully saturated rings. The van der Waals surface area contributed by atoms with Gasteiger partial charge < -0.3 is 15.8 Å². The Balaban J connectivity index is 0.00000324. The predicted molar refractivity (Wildman–Crippen MR) is 82.7 cm³/mol. The zero-order valence-electron chi connectivity index (χ0n) is 10.9. The van der Waals surface area contributed by atoms with Gasteiger partial charge in [-0.15, -0.1) is 12.4 Å². The van der Waals surface area contributed by atoms with Crippen molar-refractivity contribution in [2.45, 2.75) is 26.3 Å². The van der Waals surface area contributed by atoms with Gasteiger partial charge in [0.15, 0.2) is 6.61 Å². The van der Waals surface area contributed by atoms with Crippen LogP contribution in [-0.4, -0.2) is 19.1 Å². The SMILES string of the molecule is CCCCNCc1cc(Br)ccc1OCC(N)=O.Cl. The van der Waals surface area contributed by atoms with E-state index in [1.807, 2.05) is 18.2 Å². The minimum atomic E-state index is -0.470. The number of primary amides is 1. The van der Waals surface area contributed by atoms with Crippen molar-refractivity contribution in [2.24, 2.45) is 5.73 Å². The first-order chi connectivity index (χ1) is 8.63. The van der Waals surface area contributed by atoms with Crippen LogP contribution in [0.3, 0.4) is 0 Å². The number of benzene rings is 1. The minimum absolute atomic E-state index is 0. The highest BCUT2D eigenvalue weighted by Crippen LogP contribution is 2.23. The van der Waals surface area contributed by atoms with Crippen LogP contribution in [0.25, 0.3) is 0 Å². The Labute approximate surface area is 128 Å². The van der Waals surface area contributed by atoms with Crippen LogP contribution in [0.15, 0.2) is 22.7 Å². The number of nitrogens with one attached hydrogen (secondary N) is 1. The van der Waals surface area contributed by atoms with Gasteiger partial charge in [-0.2, -0.15) is 0 Å². The lowest BCUT2D eigenvalue weighted by Crippen LogP contribution is -2.21. The summed E-state index contributed by atoms with van der Waals surface area (Å²) in [5.41, 5.74) is 6.09. The van der Waals surface area contributed by atoms with Crippen molar-refractivity contribution in [1.82, 2.24) is 5.32 Å². The number of hydrogen-bond donors (Lipinski definition) is 2. The fourth-order valence-corrected chi connectivity index (χ4v) is 1.91. The summed E-state index contributed by atoms with van der Waals surface area (Å²) in [6.45, 7) is 3.75. The van der Waals surface area contributed by atoms with E-state index < -0.39 is 5.91 Å². The van der Waals surface area contributed by atoms with Gasteiger partial charge in [0.25, 0.3) is 5.91 Å². The molecule has 0 aliphatic heterocycles. The van der Waals surface area contributed by atoms with E-state index >= 15 is 0 Å². The van der Waals surface area contributed by atoms with Crippen LogP contribution in [-0.2, 0) is 11.3 Å². The largest absolute Gasteiger partial charge is 0.483 e. The molecule has 0 bridgehead atoms. The fourth-order valence-electron chi connectivity index (χ4n) is 1.50. The molecule has 0 unspecified atom stereocenters. The van der Waals surface area contributed by atoms with Gasteiger partial charge in [0.2, 0.25) is 0 Å². The average Bonchev–Trinajstić information content (AvgIpc) is 2.33. The molecule has 108 valence electrons. The van der Waals surface area contributed by atoms with Crippen LogP contribution in [0.5, 0.6) is 5.75 Å². The fraction of sp³-hybridized carbons (Fsp3) is 0.462. The molecule has 0 saturated carbocycles. The average molecular weight is 352 g/mol. The molecule has 19 heavy (non-hydrogen) atoms. The van der Waals surface area contributed by atoms with E-state index in [9.17, 15) is 4.79 Å². The third kappa shape index (κ3) is 7.40. The van der Waals surface area contributed by atoms with Crippen molar-refractivity contribution in [1.29, 1.82) is 0 Å². The second-order valence-electron chi connectivity index (χ2n) is 4.04. The maximum absolute atomic E-state index is 10.7. The molecule has 1 aromatic rings. The first-order valence-corrected chi connectivity index (χ1v) is 6.83. The summed E-state index contributed by atoms with van der Waals surface area (Å²) >= 11 is 3.42. The summed E-state index contributed by atoms with van der Waals surface area (Å²) in [6.07, 6.45) is 2.31. The van der Waals surface area contributed by atoms with Crippen LogP contribution in [0.1, 0.15) is 25.3 Å². The Morgan fingerprint density at radius 2 is 2.21 bits per heavy atom. The van der Waals surface area contributed by atoms with E-state index in [4.69, 9.17) is 10.5 Å². The number of amides is 1. The molecular weight excluding hydrogens is 332 g/mol. The molecule has 1 amide bonds. The van der Waals surface area contributed by atoms with Crippen LogP contribution >= 0.6 is 28.3 Å². The molecule has 0 aliphatic carbocycles. The van der Waals surface area contributed by atoms with Crippen LogP contribution in [0.4, 0.5) is 0 Å². The van der Waals surface area contributed by atoms with Gasteiger partial charge in [-0.1, -0.05) is 29.3 Å². The molecule has 0 atom stereocenters. The summed E-state index contributed by atoms with van der Waals surface area (Å²) in [5, 5.41) is 3.34. The van der Waals surface area contributed by atoms with Crippen LogP contribution < -0.4 is 15.8 Å². The Morgan fingerprint density at radius 3 is 2.84 bits per heavy atom. The number of nitrogens with two attached hydrogens (primary N) is 1. The molecule has 1 aromatic carbocycles. The first-order valence-electron chi connectivity index (χ1n) is 6.03. The number of carbonyl (C=O) groups is 1. The summed E-state index contributed by atoms with van der Waals surface area (Å²) in [7, 11) is 0. The van der Waals surface area contributed by atoms with E-state index in [0.29, 0.717) is 12.3 Å². The third-order valence-electron chi connectivity index (χ3n) is 2.42. The maximum atomic E-state index is 10.7. The second-order valence-corrected chi connectivity index (χ2v) is 4.95.